The van der Waals surface area contributed by atoms with Crippen LogP contribution in [-0.4, -0.2) is 35.3 Å². The van der Waals surface area contributed by atoms with Gasteiger partial charge in [0.25, 0.3) is 5.91 Å². The van der Waals surface area contributed by atoms with Crippen molar-refractivity contribution in [2.24, 2.45) is 5.73 Å². The summed E-state index contributed by atoms with van der Waals surface area (Å²) in [6.07, 6.45) is 2.97. The maximum atomic E-state index is 12.4. The largest absolute Gasteiger partial charge is 0.457 e. The summed E-state index contributed by atoms with van der Waals surface area (Å²) in [5, 5.41) is 11.7. The zero-order chi connectivity index (χ0) is 20.6. The SMILES string of the molecule is NC(=O)c1c(-c2ccc(Oc3ccccc3)cc2)nn2c1NCCC21CCNCC1. The van der Waals surface area contributed by atoms with E-state index in [0.717, 1.165) is 61.8 Å². The van der Waals surface area contributed by atoms with Crippen molar-refractivity contribution in [3.05, 3.63) is 60.2 Å². The number of nitrogens with one attached hydrogen (secondary N) is 2. The summed E-state index contributed by atoms with van der Waals surface area (Å²) in [7, 11) is 0. The summed E-state index contributed by atoms with van der Waals surface area (Å²) in [6, 6.07) is 17.3. The fourth-order valence-corrected chi connectivity index (χ4v) is 4.54. The molecule has 1 aromatic heterocycles. The van der Waals surface area contributed by atoms with Crippen molar-refractivity contribution in [3.63, 3.8) is 0 Å². The molecule has 2 aliphatic rings. The topological polar surface area (TPSA) is 94.2 Å². The number of rotatable bonds is 4. The second-order valence-corrected chi connectivity index (χ2v) is 7.94. The number of hydrogen-bond acceptors (Lipinski definition) is 5. The maximum Gasteiger partial charge on any atom is 0.254 e. The number of para-hydroxylation sites is 1. The molecule has 0 radical (unpaired) electrons. The first-order valence-electron chi connectivity index (χ1n) is 10.4. The Morgan fingerprint density at radius 1 is 0.967 bits per heavy atom. The van der Waals surface area contributed by atoms with Gasteiger partial charge in [-0.2, -0.15) is 5.10 Å². The van der Waals surface area contributed by atoms with E-state index >= 15 is 0 Å². The fraction of sp³-hybridized carbons (Fsp3) is 0.304. The van der Waals surface area contributed by atoms with Gasteiger partial charge in [-0.15, -0.1) is 0 Å². The second-order valence-electron chi connectivity index (χ2n) is 7.94. The van der Waals surface area contributed by atoms with Crippen molar-refractivity contribution in [2.75, 3.05) is 25.0 Å². The molecule has 1 fully saturated rings. The number of primary amides is 1. The molecule has 7 heteroatoms. The molecule has 0 atom stereocenters. The monoisotopic (exact) mass is 403 g/mol. The van der Waals surface area contributed by atoms with E-state index < -0.39 is 5.91 Å². The lowest BCUT2D eigenvalue weighted by Gasteiger charge is -2.42. The van der Waals surface area contributed by atoms with Gasteiger partial charge in [0.2, 0.25) is 0 Å². The number of fused-ring (bicyclic) bond motifs is 2. The highest BCUT2D eigenvalue weighted by atomic mass is 16.5. The van der Waals surface area contributed by atoms with Crippen LogP contribution in [-0.2, 0) is 5.54 Å². The second kappa shape index (κ2) is 7.50. The first kappa shape index (κ1) is 18.7. The van der Waals surface area contributed by atoms with Gasteiger partial charge in [-0.25, -0.2) is 4.68 Å². The van der Waals surface area contributed by atoms with Crippen LogP contribution in [0.15, 0.2) is 54.6 Å². The van der Waals surface area contributed by atoms with E-state index in [0.29, 0.717) is 11.3 Å². The standard InChI is InChI=1S/C23H25N5O2/c24-21(29)19-20(16-6-8-18(9-7-16)30-17-4-2-1-3-5-17)27-28-22(19)26-15-12-23(28)10-13-25-14-11-23/h1-9,25-26H,10-15H2,(H2,24,29). The molecule has 0 saturated carbocycles. The number of carbonyl (C=O) groups is 1. The molecule has 0 bridgehead atoms. The predicted molar refractivity (Wildman–Crippen MR) is 116 cm³/mol. The van der Waals surface area contributed by atoms with Crippen molar-refractivity contribution in [2.45, 2.75) is 24.8 Å². The molecule has 30 heavy (non-hydrogen) atoms. The number of amides is 1. The van der Waals surface area contributed by atoms with E-state index in [1.165, 1.54) is 0 Å². The minimum atomic E-state index is -0.464. The Kier molecular flexibility index (Phi) is 4.67. The van der Waals surface area contributed by atoms with E-state index in [2.05, 4.69) is 10.6 Å². The molecule has 1 amide bonds. The maximum absolute atomic E-state index is 12.4. The molecular weight excluding hydrogens is 378 g/mol. The Morgan fingerprint density at radius 3 is 2.33 bits per heavy atom. The third-order valence-electron chi connectivity index (χ3n) is 6.10. The van der Waals surface area contributed by atoms with Gasteiger partial charge in [-0.3, -0.25) is 4.79 Å². The lowest BCUT2D eigenvalue weighted by molar-refractivity contribution is 0.100. The fourth-order valence-electron chi connectivity index (χ4n) is 4.54. The smallest absolute Gasteiger partial charge is 0.254 e. The van der Waals surface area contributed by atoms with E-state index in [9.17, 15) is 4.79 Å². The van der Waals surface area contributed by atoms with Crippen LogP contribution in [0.3, 0.4) is 0 Å². The molecule has 0 aliphatic carbocycles. The van der Waals surface area contributed by atoms with E-state index in [1.54, 1.807) is 0 Å². The van der Waals surface area contributed by atoms with Crippen LogP contribution < -0.4 is 21.1 Å². The number of anilines is 1. The lowest BCUT2D eigenvalue weighted by Crippen LogP contribution is -2.48. The number of aromatic nitrogens is 2. The molecule has 3 heterocycles. The summed E-state index contributed by atoms with van der Waals surface area (Å²) >= 11 is 0. The van der Waals surface area contributed by atoms with Crippen LogP contribution >= 0.6 is 0 Å². The molecule has 5 rings (SSSR count). The molecule has 1 saturated heterocycles. The number of piperidine rings is 1. The molecule has 4 N–H and O–H groups in total. The zero-order valence-electron chi connectivity index (χ0n) is 16.7. The summed E-state index contributed by atoms with van der Waals surface area (Å²) in [5.74, 6) is 1.78. The normalized spacial score (nSPS) is 17.2. The first-order chi connectivity index (χ1) is 14.7. The molecule has 3 aromatic rings. The number of benzene rings is 2. The zero-order valence-corrected chi connectivity index (χ0v) is 16.7. The highest BCUT2D eigenvalue weighted by Crippen LogP contribution is 2.41. The van der Waals surface area contributed by atoms with Crippen molar-refractivity contribution in [3.8, 4) is 22.8 Å². The van der Waals surface area contributed by atoms with Gasteiger partial charge in [0.05, 0.1) is 5.54 Å². The third kappa shape index (κ3) is 3.21. The molecular formula is C23H25N5O2. The van der Waals surface area contributed by atoms with Crippen molar-refractivity contribution in [1.82, 2.24) is 15.1 Å². The number of hydrogen-bond donors (Lipinski definition) is 3. The van der Waals surface area contributed by atoms with Gasteiger partial charge in [-0.1, -0.05) is 18.2 Å². The van der Waals surface area contributed by atoms with E-state index in [1.807, 2.05) is 59.3 Å². The van der Waals surface area contributed by atoms with Gasteiger partial charge in [-0.05, 0) is 68.8 Å². The number of nitrogens with two attached hydrogens (primary N) is 1. The minimum absolute atomic E-state index is 0.0648. The third-order valence-corrected chi connectivity index (χ3v) is 6.10. The van der Waals surface area contributed by atoms with Crippen LogP contribution in [0, 0.1) is 0 Å². The van der Waals surface area contributed by atoms with Crippen LogP contribution in [0.25, 0.3) is 11.3 Å². The Morgan fingerprint density at radius 2 is 1.63 bits per heavy atom. The van der Waals surface area contributed by atoms with Crippen LogP contribution in [0.5, 0.6) is 11.5 Å². The first-order valence-corrected chi connectivity index (χ1v) is 10.4. The quantitative estimate of drug-likeness (QED) is 0.621. The molecule has 154 valence electrons. The molecule has 2 aliphatic heterocycles. The summed E-state index contributed by atoms with van der Waals surface area (Å²) in [6.45, 7) is 2.72. The average molecular weight is 403 g/mol. The number of ether oxygens (including phenoxy) is 1. The number of carbonyl (C=O) groups excluding carboxylic acids is 1. The number of nitrogens with zero attached hydrogens (tertiary/aromatic N) is 2. The van der Waals surface area contributed by atoms with Crippen LogP contribution in [0.2, 0.25) is 0 Å². The summed E-state index contributed by atoms with van der Waals surface area (Å²) < 4.78 is 7.91. The lowest BCUT2D eigenvalue weighted by atomic mass is 9.84. The van der Waals surface area contributed by atoms with Crippen molar-refractivity contribution in [1.29, 1.82) is 0 Å². The van der Waals surface area contributed by atoms with Gasteiger partial charge in [0, 0.05) is 12.1 Å². The summed E-state index contributed by atoms with van der Waals surface area (Å²) in [5.41, 5.74) is 7.66. The Labute approximate surface area is 175 Å². The van der Waals surface area contributed by atoms with E-state index in [4.69, 9.17) is 15.6 Å². The highest BCUT2D eigenvalue weighted by molar-refractivity contribution is 6.04. The highest BCUT2D eigenvalue weighted by Gasteiger charge is 2.41. The predicted octanol–water partition coefficient (Wildman–Crippen LogP) is 3.34. The van der Waals surface area contributed by atoms with Crippen LogP contribution in [0.4, 0.5) is 5.82 Å². The van der Waals surface area contributed by atoms with Crippen molar-refractivity contribution < 1.29 is 9.53 Å². The van der Waals surface area contributed by atoms with Gasteiger partial charge in [0.15, 0.2) is 0 Å². The van der Waals surface area contributed by atoms with Gasteiger partial charge < -0.3 is 21.1 Å². The average Bonchev–Trinajstić information content (AvgIpc) is 3.17. The Balaban J connectivity index is 1.52. The van der Waals surface area contributed by atoms with Gasteiger partial charge in [0.1, 0.15) is 28.6 Å². The Bertz CT molecular complexity index is 1050. The van der Waals surface area contributed by atoms with Crippen LogP contribution in [0.1, 0.15) is 29.6 Å². The Hall–Kier alpha value is -3.32. The van der Waals surface area contributed by atoms with E-state index in [-0.39, 0.29) is 5.54 Å². The van der Waals surface area contributed by atoms with Gasteiger partial charge >= 0.3 is 0 Å². The van der Waals surface area contributed by atoms with Crippen molar-refractivity contribution >= 4 is 11.7 Å². The summed E-state index contributed by atoms with van der Waals surface area (Å²) in [4.78, 5) is 12.4. The molecule has 1 spiro atoms. The molecule has 2 aromatic carbocycles. The molecule has 0 unspecified atom stereocenters. The molecule has 7 nitrogen and oxygen atoms in total. The minimum Gasteiger partial charge on any atom is -0.457 e.